The maximum atomic E-state index is 13.3. The summed E-state index contributed by atoms with van der Waals surface area (Å²) in [6, 6.07) is 23.2. The molecule has 37 heavy (non-hydrogen) atoms. The number of likely N-dealkylation sites (tertiary alicyclic amines) is 1. The van der Waals surface area contributed by atoms with E-state index in [1.54, 1.807) is 31.3 Å². The topological polar surface area (TPSA) is 90.5 Å². The second kappa shape index (κ2) is 12.0. The summed E-state index contributed by atoms with van der Waals surface area (Å²) in [6.45, 7) is 1.40. The summed E-state index contributed by atoms with van der Waals surface area (Å²) in [5, 5.41) is 9.09. The minimum absolute atomic E-state index is 0.0417. The van der Waals surface area contributed by atoms with Crippen molar-refractivity contribution < 1.29 is 14.4 Å². The molecular weight excluding hydrogens is 488 g/mol. The number of amides is 3. The number of hydrogen-bond acceptors (Lipinski definition) is 4. The molecule has 0 unspecified atom stereocenters. The van der Waals surface area contributed by atoms with E-state index < -0.39 is 6.04 Å². The van der Waals surface area contributed by atoms with E-state index in [0.717, 1.165) is 17.7 Å². The second-order valence-electron chi connectivity index (χ2n) is 9.39. The summed E-state index contributed by atoms with van der Waals surface area (Å²) in [4.78, 5) is 40.9. The highest BCUT2D eigenvalue weighted by molar-refractivity contribution is 6.30. The van der Waals surface area contributed by atoms with Gasteiger partial charge in [-0.15, -0.1) is 0 Å². The fourth-order valence-corrected chi connectivity index (χ4v) is 4.89. The molecule has 3 amide bonds. The lowest BCUT2D eigenvalue weighted by Gasteiger charge is -2.19. The van der Waals surface area contributed by atoms with Crippen LogP contribution >= 0.6 is 11.6 Å². The molecule has 8 heteroatoms. The van der Waals surface area contributed by atoms with Gasteiger partial charge >= 0.3 is 0 Å². The lowest BCUT2D eigenvalue weighted by Crippen LogP contribution is -2.47. The highest BCUT2D eigenvalue weighted by atomic mass is 35.5. The molecule has 0 spiro atoms. The van der Waals surface area contributed by atoms with Crippen LogP contribution < -0.4 is 16.0 Å². The van der Waals surface area contributed by atoms with Crippen LogP contribution in [0.5, 0.6) is 0 Å². The van der Waals surface area contributed by atoms with Gasteiger partial charge in [-0.1, -0.05) is 60.1 Å². The molecule has 7 nitrogen and oxygen atoms in total. The summed E-state index contributed by atoms with van der Waals surface area (Å²) in [7, 11) is 3.54. The van der Waals surface area contributed by atoms with Crippen LogP contribution in [-0.4, -0.2) is 55.8 Å². The smallest absolute Gasteiger partial charge is 0.252 e. The standard InChI is InChI=1S/C29H31ClN4O3/c1-31-29(37)26(15-19-7-4-3-5-8-19)33-27(35)21-9-6-10-23(16-21)32-28(36)25-18-34(2)17-24(25)20-11-13-22(30)14-12-20/h3-14,16,24-26H,15,17-18H2,1-2H3,(H,31,37)(H,32,36)(H,33,35)/t24-,25+,26-/m0/s1. The van der Waals surface area contributed by atoms with Crippen molar-refractivity contribution in [1.29, 1.82) is 0 Å². The normalized spacial score (nSPS) is 18.1. The van der Waals surface area contributed by atoms with E-state index in [-0.39, 0.29) is 29.6 Å². The molecule has 0 bridgehead atoms. The number of likely N-dealkylation sites (N-methyl/N-ethyl adjacent to an activating group) is 2. The first-order valence-corrected chi connectivity index (χ1v) is 12.6. The van der Waals surface area contributed by atoms with E-state index in [1.165, 1.54) is 0 Å². The molecule has 0 saturated carbocycles. The highest BCUT2D eigenvalue weighted by Gasteiger charge is 2.37. The number of anilines is 1. The SMILES string of the molecule is CNC(=O)[C@H](Cc1ccccc1)NC(=O)c1cccc(NC(=O)[C@@H]2CN(C)C[C@H]2c2ccc(Cl)cc2)c1. The van der Waals surface area contributed by atoms with Crippen molar-refractivity contribution in [2.45, 2.75) is 18.4 Å². The molecule has 4 rings (SSSR count). The van der Waals surface area contributed by atoms with Crippen LogP contribution in [0.2, 0.25) is 5.02 Å². The van der Waals surface area contributed by atoms with Crippen LogP contribution in [0, 0.1) is 5.92 Å². The average Bonchev–Trinajstić information content (AvgIpc) is 3.30. The maximum Gasteiger partial charge on any atom is 0.252 e. The van der Waals surface area contributed by atoms with Crippen molar-refractivity contribution >= 4 is 35.0 Å². The molecule has 1 fully saturated rings. The Bertz CT molecular complexity index is 1250. The summed E-state index contributed by atoms with van der Waals surface area (Å²) >= 11 is 6.05. The molecule has 1 saturated heterocycles. The first kappa shape index (κ1) is 26.4. The first-order chi connectivity index (χ1) is 17.8. The molecule has 0 aliphatic carbocycles. The zero-order chi connectivity index (χ0) is 26.4. The van der Waals surface area contributed by atoms with Crippen molar-refractivity contribution in [2.75, 3.05) is 32.5 Å². The summed E-state index contributed by atoms with van der Waals surface area (Å²) in [6.07, 6.45) is 0.365. The Morgan fingerprint density at radius 1 is 0.973 bits per heavy atom. The number of nitrogens with one attached hydrogen (secondary N) is 3. The van der Waals surface area contributed by atoms with Crippen LogP contribution in [-0.2, 0) is 16.0 Å². The lowest BCUT2D eigenvalue weighted by atomic mass is 9.88. The van der Waals surface area contributed by atoms with Gasteiger partial charge in [0.2, 0.25) is 11.8 Å². The molecule has 3 aromatic rings. The Labute approximate surface area is 222 Å². The number of carbonyl (C=O) groups is 3. The molecule has 3 aromatic carbocycles. The van der Waals surface area contributed by atoms with E-state index >= 15 is 0 Å². The van der Waals surface area contributed by atoms with Gasteiger partial charge in [0.25, 0.3) is 5.91 Å². The Balaban J connectivity index is 1.45. The summed E-state index contributed by atoms with van der Waals surface area (Å²) < 4.78 is 0. The van der Waals surface area contributed by atoms with Gasteiger partial charge in [-0.05, 0) is 48.5 Å². The van der Waals surface area contributed by atoms with Crippen LogP contribution in [0.25, 0.3) is 0 Å². The monoisotopic (exact) mass is 518 g/mol. The second-order valence-corrected chi connectivity index (χ2v) is 9.82. The van der Waals surface area contributed by atoms with Gasteiger partial charge in [-0.2, -0.15) is 0 Å². The quantitative estimate of drug-likeness (QED) is 0.424. The molecule has 0 radical (unpaired) electrons. The Morgan fingerprint density at radius 3 is 2.41 bits per heavy atom. The van der Waals surface area contributed by atoms with E-state index in [1.807, 2.05) is 61.6 Å². The number of carbonyl (C=O) groups excluding carboxylic acids is 3. The van der Waals surface area contributed by atoms with E-state index in [4.69, 9.17) is 11.6 Å². The first-order valence-electron chi connectivity index (χ1n) is 12.3. The van der Waals surface area contributed by atoms with Gasteiger partial charge in [-0.25, -0.2) is 0 Å². The predicted octanol–water partition coefficient (Wildman–Crippen LogP) is 3.71. The van der Waals surface area contributed by atoms with Crippen molar-refractivity contribution in [3.8, 4) is 0 Å². The van der Waals surface area contributed by atoms with Gasteiger partial charge < -0.3 is 20.9 Å². The summed E-state index contributed by atoms with van der Waals surface area (Å²) in [5.41, 5.74) is 2.90. The molecule has 0 aromatic heterocycles. The van der Waals surface area contributed by atoms with Gasteiger partial charge in [0, 0.05) is 48.7 Å². The minimum atomic E-state index is -0.729. The molecule has 192 valence electrons. The van der Waals surface area contributed by atoms with E-state index in [9.17, 15) is 14.4 Å². The molecule has 1 aliphatic heterocycles. The molecule has 3 N–H and O–H groups in total. The third-order valence-electron chi connectivity index (χ3n) is 6.68. The molecule has 1 aliphatic rings. The lowest BCUT2D eigenvalue weighted by molar-refractivity contribution is -0.122. The molecule has 1 heterocycles. The van der Waals surface area contributed by atoms with Crippen LogP contribution in [0.1, 0.15) is 27.4 Å². The number of nitrogens with zero attached hydrogens (tertiary/aromatic N) is 1. The minimum Gasteiger partial charge on any atom is -0.357 e. The Hall–Kier alpha value is -3.68. The van der Waals surface area contributed by atoms with E-state index in [0.29, 0.717) is 29.2 Å². The van der Waals surface area contributed by atoms with Crippen molar-refractivity contribution in [2.24, 2.45) is 5.92 Å². The summed E-state index contributed by atoms with van der Waals surface area (Å²) in [5.74, 6) is -0.970. The maximum absolute atomic E-state index is 13.3. The number of hydrogen-bond donors (Lipinski definition) is 3. The fourth-order valence-electron chi connectivity index (χ4n) is 4.76. The van der Waals surface area contributed by atoms with Crippen LogP contribution in [0.3, 0.4) is 0 Å². The Kier molecular flexibility index (Phi) is 8.58. The van der Waals surface area contributed by atoms with E-state index in [2.05, 4.69) is 20.9 Å². The predicted molar refractivity (Wildman–Crippen MR) is 146 cm³/mol. The fraction of sp³-hybridized carbons (Fsp3) is 0.276. The van der Waals surface area contributed by atoms with Crippen molar-refractivity contribution in [3.63, 3.8) is 0 Å². The molecular formula is C29H31ClN4O3. The average molecular weight is 519 g/mol. The Morgan fingerprint density at radius 2 is 1.70 bits per heavy atom. The largest absolute Gasteiger partial charge is 0.357 e. The van der Waals surface area contributed by atoms with Crippen LogP contribution in [0.15, 0.2) is 78.9 Å². The van der Waals surface area contributed by atoms with Crippen LogP contribution in [0.4, 0.5) is 5.69 Å². The van der Waals surface area contributed by atoms with Gasteiger partial charge in [-0.3, -0.25) is 14.4 Å². The number of rotatable bonds is 8. The van der Waals surface area contributed by atoms with Gasteiger partial charge in [0.1, 0.15) is 6.04 Å². The third kappa shape index (κ3) is 6.76. The van der Waals surface area contributed by atoms with Crippen molar-refractivity contribution in [1.82, 2.24) is 15.5 Å². The van der Waals surface area contributed by atoms with Gasteiger partial charge in [0.15, 0.2) is 0 Å². The number of halogens is 1. The van der Waals surface area contributed by atoms with Crippen molar-refractivity contribution in [3.05, 3.63) is 101 Å². The van der Waals surface area contributed by atoms with Gasteiger partial charge in [0.05, 0.1) is 5.92 Å². The molecule has 3 atom stereocenters. The highest BCUT2D eigenvalue weighted by Crippen LogP contribution is 2.33. The number of benzene rings is 3. The third-order valence-corrected chi connectivity index (χ3v) is 6.93. The zero-order valence-electron chi connectivity index (χ0n) is 20.9. The zero-order valence-corrected chi connectivity index (χ0v) is 21.7.